The Morgan fingerprint density at radius 1 is 0.328 bits per heavy atom. The maximum Gasteiger partial charge on any atom is 0.0764 e. The Hall–Kier alpha value is -7.85. The molecular formula is C61H40N2S. The molecule has 3 heterocycles. The highest BCUT2D eigenvalue weighted by Crippen LogP contribution is 2.60. The third-order valence-corrected chi connectivity index (χ3v) is 14.6. The zero-order valence-electron chi connectivity index (χ0n) is 34.9. The number of aromatic nitrogens is 1. The van der Waals surface area contributed by atoms with Crippen LogP contribution in [0.15, 0.2) is 252 Å². The minimum atomic E-state index is -0.493. The van der Waals surface area contributed by atoms with Gasteiger partial charge in [-0.05, 0) is 116 Å². The van der Waals surface area contributed by atoms with Crippen LogP contribution in [0.3, 0.4) is 0 Å². The normalized spacial score (nSPS) is 14.6. The van der Waals surface area contributed by atoms with Crippen molar-refractivity contribution in [1.82, 2.24) is 4.57 Å². The minimum absolute atomic E-state index is 0.493. The van der Waals surface area contributed by atoms with Crippen molar-refractivity contribution in [2.24, 2.45) is 0 Å². The molecule has 1 atom stereocenters. The highest BCUT2D eigenvalue weighted by atomic mass is 32.2. The molecule has 64 heavy (non-hydrogen) atoms. The molecule has 0 aliphatic carbocycles. The Morgan fingerprint density at radius 2 is 0.797 bits per heavy atom. The smallest absolute Gasteiger partial charge is 0.0764 e. The third kappa shape index (κ3) is 5.54. The van der Waals surface area contributed by atoms with Crippen LogP contribution in [0.1, 0.15) is 22.3 Å². The van der Waals surface area contributed by atoms with Crippen molar-refractivity contribution in [3.63, 3.8) is 0 Å². The van der Waals surface area contributed by atoms with Crippen LogP contribution in [-0.2, 0) is 5.41 Å². The van der Waals surface area contributed by atoms with Crippen LogP contribution < -0.4 is 4.90 Å². The third-order valence-electron chi connectivity index (χ3n) is 13.5. The predicted molar refractivity (Wildman–Crippen MR) is 268 cm³/mol. The molecule has 11 aromatic rings. The molecule has 0 saturated carbocycles. The molecule has 0 fully saturated rings. The molecule has 2 nitrogen and oxygen atoms in total. The lowest BCUT2D eigenvalue weighted by Gasteiger charge is -2.45. The summed E-state index contributed by atoms with van der Waals surface area (Å²) in [5.74, 6) is 0. The van der Waals surface area contributed by atoms with E-state index in [9.17, 15) is 0 Å². The van der Waals surface area contributed by atoms with Crippen molar-refractivity contribution in [3.05, 3.63) is 265 Å². The average molecular weight is 833 g/mol. The van der Waals surface area contributed by atoms with Crippen LogP contribution in [0.2, 0.25) is 0 Å². The Kier molecular flexibility index (Phi) is 8.40. The van der Waals surface area contributed by atoms with Crippen LogP contribution in [0, 0.1) is 0 Å². The highest BCUT2D eigenvalue weighted by molar-refractivity contribution is 7.99. The Bertz CT molecular complexity index is 3470. The van der Waals surface area contributed by atoms with E-state index in [1.807, 2.05) is 11.8 Å². The molecule has 0 radical (unpaired) electrons. The largest absolute Gasteiger partial charge is 0.311 e. The quantitative estimate of drug-likeness (QED) is 0.165. The van der Waals surface area contributed by atoms with E-state index in [-0.39, 0.29) is 0 Å². The lowest BCUT2D eigenvalue weighted by molar-refractivity contribution is 0.690. The van der Waals surface area contributed by atoms with Crippen LogP contribution in [0.4, 0.5) is 17.1 Å². The summed E-state index contributed by atoms with van der Waals surface area (Å²) in [4.78, 5) is 4.94. The van der Waals surface area contributed by atoms with E-state index >= 15 is 0 Å². The zero-order valence-corrected chi connectivity index (χ0v) is 35.7. The molecule has 3 heteroatoms. The van der Waals surface area contributed by atoms with Crippen molar-refractivity contribution in [3.8, 4) is 39.1 Å². The molecule has 13 rings (SSSR count). The Labute approximate surface area is 377 Å². The van der Waals surface area contributed by atoms with Crippen molar-refractivity contribution in [1.29, 1.82) is 0 Å². The number of rotatable bonds is 6. The first-order valence-electron chi connectivity index (χ1n) is 22.0. The van der Waals surface area contributed by atoms with Gasteiger partial charge in [-0.2, -0.15) is 0 Å². The minimum Gasteiger partial charge on any atom is -0.311 e. The van der Waals surface area contributed by atoms with Gasteiger partial charge in [-0.25, -0.2) is 0 Å². The first kappa shape index (κ1) is 36.8. The van der Waals surface area contributed by atoms with Gasteiger partial charge >= 0.3 is 0 Å². The van der Waals surface area contributed by atoms with Gasteiger partial charge in [0.1, 0.15) is 0 Å². The monoisotopic (exact) mass is 832 g/mol. The fourth-order valence-electron chi connectivity index (χ4n) is 10.6. The number of nitrogens with zero attached hydrogens (tertiary/aromatic N) is 2. The fraction of sp³-hybridized carbons (Fsp3) is 0.0164. The molecule has 1 unspecified atom stereocenters. The van der Waals surface area contributed by atoms with E-state index in [0.29, 0.717) is 0 Å². The Balaban J connectivity index is 0.930. The average Bonchev–Trinajstić information content (AvgIpc) is 3.71. The summed E-state index contributed by atoms with van der Waals surface area (Å²) < 4.78 is 2.51. The second kappa shape index (κ2) is 14.6. The van der Waals surface area contributed by atoms with Gasteiger partial charge in [0.15, 0.2) is 0 Å². The summed E-state index contributed by atoms with van der Waals surface area (Å²) in [6.45, 7) is 0. The summed E-state index contributed by atoms with van der Waals surface area (Å²) in [7, 11) is 0. The topological polar surface area (TPSA) is 8.17 Å². The van der Waals surface area contributed by atoms with Crippen LogP contribution >= 0.6 is 11.8 Å². The van der Waals surface area contributed by atoms with Gasteiger partial charge in [-0.15, -0.1) is 0 Å². The second-order valence-corrected chi connectivity index (χ2v) is 17.9. The number of para-hydroxylation sites is 3. The summed E-state index contributed by atoms with van der Waals surface area (Å²) in [5, 5.41) is 2.58. The van der Waals surface area contributed by atoms with Gasteiger partial charge in [0.2, 0.25) is 0 Å². The van der Waals surface area contributed by atoms with Crippen LogP contribution in [0.25, 0.3) is 60.9 Å². The van der Waals surface area contributed by atoms with Gasteiger partial charge in [0.05, 0.1) is 22.1 Å². The molecule has 1 spiro atoms. The molecule has 300 valence electrons. The fourth-order valence-corrected chi connectivity index (χ4v) is 11.9. The van der Waals surface area contributed by atoms with E-state index in [2.05, 4.69) is 252 Å². The lowest BCUT2D eigenvalue weighted by Crippen LogP contribution is -2.37. The van der Waals surface area contributed by atoms with E-state index in [0.717, 1.165) is 17.1 Å². The molecule has 0 saturated heterocycles. The maximum absolute atomic E-state index is 2.51. The molecule has 2 aliphatic heterocycles. The van der Waals surface area contributed by atoms with Gasteiger partial charge in [-0.3, -0.25) is 0 Å². The second-order valence-electron chi connectivity index (χ2n) is 16.8. The van der Waals surface area contributed by atoms with E-state index in [1.54, 1.807) is 0 Å². The first-order chi connectivity index (χ1) is 31.7. The number of fused-ring (bicyclic) bond motifs is 11. The molecule has 0 N–H and O–H groups in total. The number of anilines is 3. The van der Waals surface area contributed by atoms with E-state index in [1.165, 1.54) is 92.9 Å². The standard InChI is InChI=1S/C61H40N2S/c1-3-14-41(15-4-1)43-26-33-47(34-27-43)62(48-35-28-44(29-36-48)42-16-5-2-6-17-42)49-37-30-45(31-38-49)46-32-39-54-59(40-46)64-58-25-12-9-21-53(58)61(54)52-20-8-11-24-57(52)63-56-23-10-7-18-50(56)51-19-13-22-55(61)60(51)63/h1-40H. The first-order valence-corrected chi connectivity index (χ1v) is 22.8. The van der Waals surface area contributed by atoms with E-state index < -0.39 is 5.41 Å². The van der Waals surface area contributed by atoms with Crippen LogP contribution in [0.5, 0.6) is 0 Å². The summed E-state index contributed by atoms with van der Waals surface area (Å²) in [5.41, 5.74) is 19.1. The zero-order chi connectivity index (χ0) is 42.2. The highest BCUT2D eigenvalue weighted by Gasteiger charge is 2.49. The van der Waals surface area contributed by atoms with Crippen molar-refractivity contribution in [2.45, 2.75) is 15.2 Å². The summed E-state index contributed by atoms with van der Waals surface area (Å²) in [6, 6.07) is 89.3. The van der Waals surface area contributed by atoms with Crippen molar-refractivity contribution < 1.29 is 0 Å². The molecule has 10 aromatic carbocycles. The lowest BCUT2D eigenvalue weighted by atomic mass is 9.62. The van der Waals surface area contributed by atoms with E-state index in [4.69, 9.17) is 0 Å². The molecule has 1 aromatic heterocycles. The van der Waals surface area contributed by atoms with Crippen molar-refractivity contribution >= 4 is 50.6 Å². The van der Waals surface area contributed by atoms with Crippen LogP contribution in [-0.4, -0.2) is 4.57 Å². The molecule has 0 amide bonds. The van der Waals surface area contributed by atoms with Crippen molar-refractivity contribution in [2.75, 3.05) is 4.90 Å². The SMILES string of the molecule is c1ccc(-c2ccc(N(c3ccc(-c4ccccc4)cc3)c3ccc(-c4ccc5c(c4)Sc4ccccc4C54c5ccccc5-n5c6ccccc6c6cccc4c65)cc3)cc2)cc1. The number of benzene rings is 10. The maximum atomic E-state index is 2.51. The summed E-state index contributed by atoms with van der Waals surface area (Å²) >= 11 is 1.90. The number of hydrogen-bond acceptors (Lipinski definition) is 2. The Morgan fingerprint density at radius 3 is 1.45 bits per heavy atom. The molecule has 2 aliphatic rings. The van der Waals surface area contributed by atoms with Gasteiger partial charge in [-0.1, -0.05) is 194 Å². The van der Waals surface area contributed by atoms with Gasteiger partial charge in [0.25, 0.3) is 0 Å². The summed E-state index contributed by atoms with van der Waals surface area (Å²) in [6.07, 6.45) is 0. The predicted octanol–water partition coefficient (Wildman–Crippen LogP) is 16.4. The molecule has 0 bridgehead atoms. The number of hydrogen-bond donors (Lipinski definition) is 0. The van der Waals surface area contributed by atoms with Gasteiger partial charge in [0, 0.05) is 37.6 Å². The molecular weight excluding hydrogens is 793 g/mol. The van der Waals surface area contributed by atoms with Gasteiger partial charge < -0.3 is 9.47 Å².